The molecule has 0 unspecified atom stereocenters. The van der Waals surface area contributed by atoms with Crippen LogP contribution in [-0.2, 0) is 0 Å². The van der Waals surface area contributed by atoms with E-state index in [1.165, 1.54) is 87.9 Å². The number of hydrogen-bond acceptors (Lipinski definition) is 1. The largest absolute Gasteiger partial charge is 0.310 e. The fourth-order valence-corrected chi connectivity index (χ4v) is 9.65. The van der Waals surface area contributed by atoms with Crippen molar-refractivity contribution >= 4 is 60.4 Å². The highest BCUT2D eigenvalue weighted by Gasteiger charge is 2.18. The Kier molecular flexibility index (Phi) is 9.20. The molecule has 0 aliphatic heterocycles. The summed E-state index contributed by atoms with van der Waals surface area (Å²) in [6, 6.07) is 92.7. The van der Waals surface area contributed by atoms with Gasteiger partial charge in [-0.3, -0.25) is 0 Å². The Labute approximate surface area is 373 Å². The van der Waals surface area contributed by atoms with Crippen molar-refractivity contribution in [1.29, 1.82) is 0 Å². The van der Waals surface area contributed by atoms with Crippen molar-refractivity contribution < 1.29 is 0 Å². The van der Waals surface area contributed by atoms with Crippen molar-refractivity contribution in [2.24, 2.45) is 0 Å². The van der Waals surface area contributed by atoms with Crippen molar-refractivity contribution in [3.05, 3.63) is 255 Å². The van der Waals surface area contributed by atoms with E-state index in [9.17, 15) is 0 Å². The predicted molar refractivity (Wildman–Crippen MR) is 272 cm³/mol. The van der Waals surface area contributed by atoms with E-state index >= 15 is 0 Å². The van der Waals surface area contributed by atoms with Gasteiger partial charge in [0.1, 0.15) is 0 Å². The average Bonchev–Trinajstić information content (AvgIpc) is 3.71. The van der Waals surface area contributed by atoms with Crippen LogP contribution in [0, 0.1) is 0 Å². The standard InChI is InChI=1S/C62H42N2/c1-3-14-43(15-4-1)50-40-51(44-16-5-2-6-17-44)42-52(41-50)47-32-36-54(37-33-47)63(61-25-13-19-49-27-26-48-18-7-8-20-56(48)62(49)61)53-34-28-45(29-35-53)46-30-38-55(39-31-46)64-59-23-11-9-21-57(59)58-22-10-12-24-60(58)64/h1-42H. The van der Waals surface area contributed by atoms with Crippen LogP contribution in [-0.4, -0.2) is 4.57 Å². The maximum Gasteiger partial charge on any atom is 0.0546 e. The number of hydrogen-bond donors (Lipinski definition) is 0. The molecule has 12 aromatic rings. The van der Waals surface area contributed by atoms with E-state index in [0.29, 0.717) is 0 Å². The van der Waals surface area contributed by atoms with E-state index in [0.717, 1.165) is 22.7 Å². The topological polar surface area (TPSA) is 8.17 Å². The molecule has 12 rings (SSSR count). The molecule has 0 radical (unpaired) electrons. The van der Waals surface area contributed by atoms with E-state index in [4.69, 9.17) is 0 Å². The molecule has 1 heterocycles. The minimum Gasteiger partial charge on any atom is -0.310 e. The molecule has 2 nitrogen and oxygen atoms in total. The van der Waals surface area contributed by atoms with Crippen molar-refractivity contribution in [1.82, 2.24) is 4.57 Å². The molecule has 64 heavy (non-hydrogen) atoms. The normalized spacial score (nSPS) is 11.4. The summed E-state index contributed by atoms with van der Waals surface area (Å²) >= 11 is 0. The van der Waals surface area contributed by atoms with E-state index in [-0.39, 0.29) is 0 Å². The minimum atomic E-state index is 1.09. The Morgan fingerprint density at radius 3 is 1.22 bits per heavy atom. The van der Waals surface area contributed by atoms with Crippen LogP contribution in [0.15, 0.2) is 255 Å². The molecular formula is C62H42N2. The van der Waals surface area contributed by atoms with Crippen molar-refractivity contribution in [2.45, 2.75) is 0 Å². The zero-order valence-electron chi connectivity index (χ0n) is 35.1. The number of fused-ring (bicyclic) bond motifs is 6. The average molecular weight is 815 g/mol. The molecule has 0 saturated heterocycles. The Hall–Kier alpha value is -8.46. The van der Waals surface area contributed by atoms with Crippen LogP contribution in [0.25, 0.3) is 93.5 Å². The van der Waals surface area contributed by atoms with Crippen LogP contribution in [0.3, 0.4) is 0 Å². The smallest absolute Gasteiger partial charge is 0.0546 e. The van der Waals surface area contributed by atoms with Gasteiger partial charge in [0, 0.05) is 33.2 Å². The summed E-state index contributed by atoms with van der Waals surface area (Å²) < 4.78 is 2.37. The van der Waals surface area contributed by atoms with Crippen molar-refractivity contribution in [2.75, 3.05) is 4.90 Å². The predicted octanol–water partition coefficient (Wildman–Crippen LogP) is 17.2. The highest BCUT2D eigenvalue weighted by Crippen LogP contribution is 2.43. The third-order valence-electron chi connectivity index (χ3n) is 12.8. The van der Waals surface area contributed by atoms with Crippen LogP contribution in [0.1, 0.15) is 0 Å². The van der Waals surface area contributed by atoms with Gasteiger partial charge in [0.05, 0.1) is 16.7 Å². The van der Waals surface area contributed by atoms with Gasteiger partial charge in [-0.25, -0.2) is 0 Å². The lowest BCUT2D eigenvalue weighted by atomic mass is 9.93. The molecule has 11 aromatic carbocycles. The molecule has 0 fully saturated rings. The molecule has 0 aliphatic carbocycles. The van der Waals surface area contributed by atoms with E-state index in [1.54, 1.807) is 0 Å². The lowest BCUT2D eigenvalue weighted by Gasteiger charge is -2.28. The van der Waals surface area contributed by atoms with Gasteiger partial charge in [-0.2, -0.15) is 0 Å². The summed E-state index contributed by atoms with van der Waals surface area (Å²) in [5.74, 6) is 0. The first-order valence-electron chi connectivity index (χ1n) is 22.0. The third kappa shape index (κ3) is 6.61. The number of rotatable bonds is 8. The number of para-hydroxylation sites is 2. The Bertz CT molecular complexity index is 3510. The van der Waals surface area contributed by atoms with Gasteiger partial charge in [-0.15, -0.1) is 0 Å². The van der Waals surface area contributed by atoms with Crippen LogP contribution in [0.2, 0.25) is 0 Å². The second kappa shape index (κ2) is 15.8. The second-order valence-electron chi connectivity index (χ2n) is 16.5. The Balaban J connectivity index is 0.949. The van der Waals surface area contributed by atoms with E-state index in [2.05, 4.69) is 264 Å². The summed E-state index contributed by atoms with van der Waals surface area (Å²) in [6.45, 7) is 0. The zero-order valence-corrected chi connectivity index (χ0v) is 35.1. The molecule has 1 aromatic heterocycles. The van der Waals surface area contributed by atoms with Gasteiger partial charge in [-0.05, 0) is 133 Å². The van der Waals surface area contributed by atoms with E-state index in [1.807, 2.05) is 0 Å². The van der Waals surface area contributed by atoms with Crippen LogP contribution < -0.4 is 4.90 Å². The Morgan fingerprint density at radius 2 is 0.672 bits per heavy atom. The Morgan fingerprint density at radius 1 is 0.266 bits per heavy atom. The van der Waals surface area contributed by atoms with Gasteiger partial charge in [0.25, 0.3) is 0 Å². The number of anilines is 3. The first-order chi connectivity index (χ1) is 31.7. The summed E-state index contributed by atoms with van der Waals surface area (Å²) in [7, 11) is 0. The summed E-state index contributed by atoms with van der Waals surface area (Å²) in [5.41, 5.74) is 16.4. The summed E-state index contributed by atoms with van der Waals surface area (Å²) in [5, 5.41) is 7.45. The SMILES string of the molecule is c1ccc(-c2cc(-c3ccccc3)cc(-c3ccc(N(c4ccc(-c5ccc(-n6c7ccccc7c7ccccc76)cc5)cc4)c4cccc5ccc6ccccc6c45)cc3)c2)cc1. The molecule has 0 atom stereocenters. The van der Waals surface area contributed by atoms with Crippen LogP contribution in [0.5, 0.6) is 0 Å². The molecule has 0 saturated carbocycles. The molecular weight excluding hydrogens is 773 g/mol. The van der Waals surface area contributed by atoms with Gasteiger partial charge < -0.3 is 9.47 Å². The number of benzene rings is 11. The third-order valence-corrected chi connectivity index (χ3v) is 12.8. The number of nitrogens with zero attached hydrogens (tertiary/aromatic N) is 2. The quantitative estimate of drug-likeness (QED) is 0.139. The maximum atomic E-state index is 2.42. The molecule has 0 N–H and O–H groups in total. The van der Waals surface area contributed by atoms with Crippen LogP contribution in [0.4, 0.5) is 17.1 Å². The lowest BCUT2D eigenvalue weighted by Crippen LogP contribution is -2.10. The fraction of sp³-hybridized carbons (Fsp3) is 0. The van der Waals surface area contributed by atoms with E-state index < -0.39 is 0 Å². The number of aromatic nitrogens is 1. The summed E-state index contributed by atoms with van der Waals surface area (Å²) in [4.78, 5) is 2.42. The van der Waals surface area contributed by atoms with Gasteiger partial charge in [0.15, 0.2) is 0 Å². The fourth-order valence-electron chi connectivity index (χ4n) is 9.65. The molecule has 0 spiro atoms. The van der Waals surface area contributed by atoms with Crippen molar-refractivity contribution in [3.8, 4) is 50.2 Å². The molecule has 0 aliphatic rings. The highest BCUT2D eigenvalue weighted by atomic mass is 15.1. The zero-order chi connectivity index (χ0) is 42.4. The second-order valence-corrected chi connectivity index (χ2v) is 16.5. The molecule has 0 amide bonds. The minimum absolute atomic E-state index is 1.09. The van der Waals surface area contributed by atoms with Crippen molar-refractivity contribution in [3.63, 3.8) is 0 Å². The van der Waals surface area contributed by atoms with Gasteiger partial charge >= 0.3 is 0 Å². The van der Waals surface area contributed by atoms with Crippen LogP contribution >= 0.6 is 0 Å². The molecule has 0 bridgehead atoms. The highest BCUT2D eigenvalue weighted by molar-refractivity contribution is 6.15. The maximum absolute atomic E-state index is 2.42. The monoisotopic (exact) mass is 814 g/mol. The molecule has 300 valence electrons. The first kappa shape index (κ1) is 37.3. The van der Waals surface area contributed by atoms with Gasteiger partial charge in [-0.1, -0.05) is 182 Å². The molecule has 2 heteroatoms. The lowest BCUT2D eigenvalue weighted by molar-refractivity contribution is 1.18. The summed E-state index contributed by atoms with van der Waals surface area (Å²) in [6.07, 6.45) is 0. The van der Waals surface area contributed by atoms with Gasteiger partial charge in [0.2, 0.25) is 0 Å². The first-order valence-corrected chi connectivity index (χ1v) is 22.0.